The molecule has 3 nitrogen and oxygen atoms in total. The highest BCUT2D eigenvalue weighted by atomic mass is 35.5. The lowest BCUT2D eigenvalue weighted by atomic mass is 10.0. The van der Waals surface area contributed by atoms with Gasteiger partial charge in [0.05, 0.1) is 16.3 Å². The maximum atomic E-state index is 13.2. The van der Waals surface area contributed by atoms with Crippen molar-refractivity contribution in [2.45, 2.75) is 19.0 Å². The van der Waals surface area contributed by atoms with E-state index in [0.29, 0.717) is 18.8 Å². The summed E-state index contributed by atoms with van der Waals surface area (Å²) in [4.78, 5) is 12.5. The van der Waals surface area contributed by atoms with Gasteiger partial charge in [0.25, 0.3) is 0 Å². The molecule has 1 fully saturated rings. The number of halogens is 4. The lowest BCUT2D eigenvalue weighted by Gasteiger charge is -2.22. The summed E-state index contributed by atoms with van der Waals surface area (Å²) in [5.74, 6) is -0.817. The molecule has 7 heteroatoms. The summed E-state index contributed by atoms with van der Waals surface area (Å²) in [5, 5.41) is 0.231. The lowest BCUT2D eigenvalue weighted by Crippen LogP contribution is -2.19. The zero-order valence-corrected chi connectivity index (χ0v) is 11.8. The molecule has 1 saturated heterocycles. The average Bonchev–Trinajstić information content (AvgIpc) is 2.88. The molecule has 0 saturated carbocycles. The Morgan fingerprint density at radius 3 is 2.43 bits per heavy atom. The summed E-state index contributed by atoms with van der Waals surface area (Å²) in [5.41, 5.74) is 4.29. The number of primary amides is 1. The standard InChI is InChI=1S/C14H14ClF3N2O/c15-11-7-9(3-4-13(19)21)10(14(16,17)18)8-12(11)20-5-1-2-6-20/h3-4,7-8H,1-2,5-6H2,(H2,19,21)/b4-3+. The highest BCUT2D eigenvalue weighted by Crippen LogP contribution is 2.39. The number of carbonyl (C=O) groups is 1. The molecule has 0 radical (unpaired) electrons. The number of anilines is 1. The topological polar surface area (TPSA) is 46.3 Å². The minimum Gasteiger partial charge on any atom is -0.370 e. The summed E-state index contributed by atoms with van der Waals surface area (Å²) in [6.45, 7) is 1.38. The van der Waals surface area contributed by atoms with Gasteiger partial charge < -0.3 is 10.6 Å². The van der Waals surface area contributed by atoms with E-state index in [1.807, 2.05) is 4.90 Å². The number of hydrogen-bond donors (Lipinski definition) is 1. The maximum Gasteiger partial charge on any atom is 0.417 e. The fourth-order valence-corrected chi connectivity index (χ4v) is 2.62. The van der Waals surface area contributed by atoms with E-state index in [4.69, 9.17) is 17.3 Å². The van der Waals surface area contributed by atoms with Crippen molar-refractivity contribution in [3.63, 3.8) is 0 Å². The van der Waals surface area contributed by atoms with Gasteiger partial charge in [0.15, 0.2) is 0 Å². The number of alkyl halides is 3. The van der Waals surface area contributed by atoms with Crippen LogP contribution in [0.5, 0.6) is 0 Å². The molecule has 1 amide bonds. The van der Waals surface area contributed by atoms with Crippen molar-refractivity contribution in [2.75, 3.05) is 18.0 Å². The fourth-order valence-electron chi connectivity index (χ4n) is 2.33. The Bertz CT molecular complexity index is 578. The summed E-state index contributed by atoms with van der Waals surface area (Å²) < 4.78 is 39.5. The highest BCUT2D eigenvalue weighted by molar-refractivity contribution is 6.33. The van der Waals surface area contributed by atoms with Crippen LogP contribution in [0.1, 0.15) is 24.0 Å². The van der Waals surface area contributed by atoms with Gasteiger partial charge in [-0.05, 0) is 36.6 Å². The van der Waals surface area contributed by atoms with Crippen molar-refractivity contribution < 1.29 is 18.0 Å². The first-order valence-corrected chi connectivity index (χ1v) is 6.80. The number of amides is 1. The lowest BCUT2D eigenvalue weighted by molar-refractivity contribution is -0.137. The first kappa shape index (κ1) is 15.7. The normalized spacial score (nSPS) is 15.9. The Morgan fingerprint density at radius 1 is 1.29 bits per heavy atom. The summed E-state index contributed by atoms with van der Waals surface area (Å²) in [7, 11) is 0. The quantitative estimate of drug-likeness (QED) is 0.868. The molecule has 0 aliphatic carbocycles. The van der Waals surface area contributed by atoms with E-state index in [9.17, 15) is 18.0 Å². The zero-order chi connectivity index (χ0) is 15.6. The van der Waals surface area contributed by atoms with Crippen molar-refractivity contribution >= 4 is 29.3 Å². The molecule has 0 spiro atoms. The van der Waals surface area contributed by atoms with Gasteiger partial charge in [-0.25, -0.2) is 0 Å². The van der Waals surface area contributed by atoms with Crippen molar-refractivity contribution in [1.82, 2.24) is 0 Å². The molecule has 2 rings (SSSR count). The maximum absolute atomic E-state index is 13.2. The Labute approximate surface area is 125 Å². The Kier molecular flexibility index (Phi) is 4.46. The van der Waals surface area contributed by atoms with Gasteiger partial charge in [-0.3, -0.25) is 4.79 Å². The van der Waals surface area contributed by atoms with E-state index < -0.39 is 17.6 Å². The molecule has 1 aliphatic heterocycles. The molecule has 0 aromatic heterocycles. The third-order valence-electron chi connectivity index (χ3n) is 3.30. The number of nitrogens with zero attached hydrogens (tertiary/aromatic N) is 1. The second-order valence-electron chi connectivity index (χ2n) is 4.82. The second-order valence-corrected chi connectivity index (χ2v) is 5.23. The third kappa shape index (κ3) is 3.69. The molecule has 1 aromatic carbocycles. The van der Waals surface area contributed by atoms with Crippen LogP contribution in [-0.2, 0) is 11.0 Å². The van der Waals surface area contributed by atoms with Gasteiger partial charge in [0.2, 0.25) is 5.91 Å². The van der Waals surface area contributed by atoms with Crippen LogP contribution in [0.25, 0.3) is 6.08 Å². The first-order valence-electron chi connectivity index (χ1n) is 6.42. The van der Waals surface area contributed by atoms with E-state index in [-0.39, 0.29) is 10.6 Å². The van der Waals surface area contributed by atoms with E-state index >= 15 is 0 Å². The van der Waals surface area contributed by atoms with Crippen molar-refractivity contribution in [3.05, 3.63) is 34.4 Å². The van der Waals surface area contributed by atoms with Gasteiger partial charge in [-0.15, -0.1) is 0 Å². The van der Waals surface area contributed by atoms with Crippen LogP contribution in [0, 0.1) is 0 Å². The summed E-state index contributed by atoms with van der Waals surface area (Å²) in [6, 6.07) is 2.26. The summed E-state index contributed by atoms with van der Waals surface area (Å²) in [6.07, 6.45) is -0.750. The average molecular weight is 319 g/mol. The van der Waals surface area contributed by atoms with E-state index in [2.05, 4.69) is 0 Å². The minimum absolute atomic E-state index is 0.172. The molecule has 1 aliphatic rings. The number of carbonyl (C=O) groups excluding carboxylic acids is 1. The predicted octanol–water partition coefficient (Wildman–Crippen LogP) is 3.46. The molecule has 1 heterocycles. The molecule has 114 valence electrons. The molecule has 0 bridgehead atoms. The van der Waals surface area contributed by atoms with E-state index in [1.54, 1.807) is 0 Å². The number of benzene rings is 1. The smallest absolute Gasteiger partial charge is 0.370 e. The Balaban J connectivity index is 2.50. The zero-order valence-electron chi connectivity index (χ0n) is 11.1. The number of hydrogen-bond acceptors (Lipinski definition) is 2. The van der Waals surface area contributed by atoms with Gasteiger partial charge in [-0.2, -0.15) is 13.2 Å². The molecule has 21 heavy (non-hydrogen) atoms. The number of nitrogens with two attached hydrogens (primary N) is 1. The Morgan fingerprint density at radius 2 is 1.90 bits per heavy atom. The van der Waals surface area contributed by atoms with Crippen LogP contribution >= 0.6 is 11.6 Å². The van der Waals surface area contributed by atoms with Crippen LogP contribution in [0.3, 0.4) is 0 Å². The van der Waals surface area contributed by atoms with Crippen molar-refractivity contribution in [1.29, 1.82) is 0 Å². The molecule has 2 N–H and O–H groups in total. The summed E-state index contributed by atoms with van der Waals surface area (Å²) >= 11 is 6.09. The number of rotatable bonds is 3. The van der Waals surface area contributed by atoms with Crippen molar-refractivity contribution in [3.8, 4) is 0 Å². The monoisotopic (exact) mass is 318 g/mol. The largest absolute Gasteiger partial charge is 0.417 e. The van der Waals surface area contributed by atoms with Crippen LogP contribution in [-0.4, -0.2) is 19.0 Å². The van der Waals surface area contributed by atoms with Crippen LogP contribution in [0.15, 0.2) is 18.2 Å². The van der Waals surface area contributed by atoms with Crippen LogP contribution in [0.2, 0.25) is 5.02 Å². The molecule has 1 aromatic rings. The third-order valence-corrected chi connectivity index (χ3v) is 3.60. The Hall–Kier alpha value is -1.69. The molecular formula is C14H14ClF3N2O. The minimum atomic E-state index is -4.53. The van der Waals surface area contributed by atoms with Gasteiger partial charge in [0, 0.05) is 19.2 Å². The van der Waals surface area contributed by atoms with Crippen LogP contribution < -0.4 is 10.6 Å². The molecule has 0 atom stereocenters. The first-order chi connectivity index (χ1) is 9.79. The van der Waals surface area contributed by atoms with Gasteiger partial charge in [0.1, 0.15) is 0 Å². The highest BCUT2D eigenvalue weighted by Gasteiger charge is 2.34. The predicted molar refractivity (Wildman–Crippen MR) is 76.1 cm³/mol. The van der Waals surface area contributed by atoms with Crippen molar-refractivity contribution in [2.24, 2.45) is 5.73 Å². The second kappa shape index (κ2) is 5.97. The van der Waals surface area contributed by atoms with Gasteiger partial charge in [-0.1, -0.05) is 11.6 Å². The fraction of sp³-hybridized carbons (Fsp3) is 0.357. The van der Waals surface area contributed by atoms with E-state index in [0.717, 1.165) is 31.1 Å². The van der Waals surface area contributed by atoms with E-state index in [1.165, 1.54) is 6.07 Å². The van der Waals surface area contributed by atoms with Gasteiger partial charge >= 0.3 is 6.18 Å². The SMILES string of the molecule is NC(=O)/C=C/c1cc(Cl)c(N2CCCC2)cc1C(F)(F)F. The van der Waals surface area contributed by atoms with Crippen LogP contribution in [0.4, 0.5) is 18.9 Å². The molecule has 0 unspecified atom stereocenters. The molecular weight excluding hydrogens is 305 g/mol.